The largest absolute Gasteiger partial charge is 0.493 e. The van der Waals surface area contributed by atoms with E-state index in [4.69, 9.17) is 31.2 Å². The van der Waals surface area contributed by atoms with Crippen LogP contribution in [0, 0.1) is 0 Å². The van der Waals surface area contributed by atoms with E-state index in [0.717, 1.165) is 31.4 Å². The summed E-state index contributed by atoms with van der Waals surface area (Å²) in [6.45, 7) is 5.25. The van der Waals surface area contributed by atoms with Gasteiger partial charge < -0.3 is 14.4 Å². The summed E-state index contributed by atoms with van der Waals surface area (Å²) in [5.74, 6) is 2.57. The monoisotopic (exact) mass is 478 g/mol. The van der Waals surface area contributed by atoms with E-state index < -0.39 is 0 Å². The van der Waals surface area contributed by atoms with E-state index in [1.54, 1.807) is 25.0 Å². The average molecular weight is 479 g/mol. The molecular formula is C24H32Cl2N4O2. The zero-order chi connectivity index (χ0) is 22.4. The number of anilines is 1. The molecule has 0 aliphatic carbocycles. The molecule has 0 unspecified atom stereocenters. The number of aromatic nitrogens is 3. The van der Waals surface area contributed by atoms with Crippen LogP contribution in [0.4, 0.5) is 5.95 Å². The molecule has 0 aliphatic rings. The number of hydrogen-bond acceptors (Lipinski definition) is 5. The number of methoxy groups -OCH3 is 2. The third-order valence-corrected chi connectivity index (χ3v) is 5.62. The first-order valence-corrected chi connectivity index (χ1v) is 11.1. The smallest absolute Gasteiger partial charge is 0.245 e. The van der Waals surface area contributed by atoms with Crippen molar-refractivity contribution in [3.63, 3.8) is 0 Å². The van der Waals surface area contributed by atoms with Crippen LogP contribution in [0.25, 0.3) is 11.4 Å². The van der Waals surface area contributed by atoms with Crippen LogP contribution in [-0.2, 0) is 7.05 Å². The van der Waals surface area contributed by atoms with Crippen molar-refractivity contribution in [1.82, 2.24) is 14.8 Å². The third kappa shape index (κ3) is 5.48. The van der Waals surface area contributed by atoms with Gasteiger partial charge in [0, 0.05) is 25.2 Å². The molecular weight excluding hydrogens is 447 g/mol. The summed E-state index contributed by atoms with van der Waals surface area (Å²) in [4.78, 5) is 7.22. The van der Waals surface area contributed by atoms with E-state index in [1.807, 2.05) is 19.2 Å². The Morgan fingerprint density at radius 2 is 1.69 bits per heavy atom. The standard InChI is InChI=1S/C24H31ClN4O2.ClH/c1-6-11-20(17-12-9-8-10-13-17)29(14-7-2)24-26-23(28(3)27-24)18-15-21(30-4)22(31-5)16-19(18)25;/h8-10,12-13,15-16,20H,6-7,11,14H2,1-5H3;1H/t20-;/m0./s1. The van der Waals surface area contributed by atoms with Crippen molar-refractivity contribution in [3.05, 3.63) is 53.1 Å². The zero-order valence-electron chi connectivity index (χ0n) is 19.3. The summed E-state index contributed by atoms with van der Waals surface area (Å²) >= 11 is 6.57. The lowest BCUT2D eigenvalue weighted by Gasteiger charge is -2.31. The highest BCUT2D eigenvalue weighted by atomic mass is 35.5. The Morgan fingerprint density at radius 3 is 2.28 bits per heavy atom. The molecule has 0 fully saturated rings. The van der Waals surface area contributed by atoms with Crippen molar-refractivity contribution in [2.24, 2.45) is 7.05 Å². The maximum absolute atomic E-state index is 6.57. The molecule has 0 aliphatic heterocycles. The highest BCUT2D eigenvalue weighted by molar-refractivity contribution is 6.33. The molecule has 3 rings (SSSR count). The Bertz CT molecular complexity index is 995. The van der Waals surface area contributed by atoms with Gasteiger partial charge in [0.05, 0.1) is 25.3 Å². The number of nitrogens with zero attached hydrogens (tertiary/aromatic N) is 4. The first-order valence-electron chi connectivity index (χ1n) is 10.7. The van der Waals surface area contributed by atoms with Gasteiger partial charge in [0.2, 0.25) is 5.95 Å². The SMILES string of the molecule is CCC[C@@H](c1ccccc1)N(CCC)c1nc(-c2cc(OC)c(OC)cc2Cl)n(C)n1.Cl. The van der Waals surface area contributed by atoms with Crippen LogP contribution < -0.4 is 14.4 Å². The van der Waals surface area contributed by atoms with Crippen molar-refractivity contribution in [2.45, 2.75) is 39.2 Å². The van der Waals surface area contributed by atoms with Gasteiger partial charge in [-0.15, -0.1) is 17.5 Å². The lowest BCUT2D eigenvalue weighted by Crippen LogP contribution is -2.30. The van der Waals surface area contributed by atoms with E-state index in [9.17, 15) is 0 Å². The summed E-state index contributed by atoms with van der Waals surface area (Å²) in [7, 11) is 5.09. The molecule has 2 aromatic carbocycles. The first-order chi connectivity index (χ1) is 15.0. The third-order valence-electron chi connectivity index (χ3n) is 5.31. The fourth-order valence-corrected chi connectivity index (χ4v) is 4.08. The molecule has 0 N–H and O–H groups in total. The molecule has 0 saturated heterocycles. The number of hydrogen-bond donors (Lipinski definition) is 0. The van der Waals surface area contributed by atoms with Gasteiger partial charge >= 0.3 is 0 Å². The second-order valence-corrected chi connectivity index (χ2v) is 7.86. The number of halogens is 2. The molecule has 3 aromatic rings. The number of benzene rings is 2. The number of rotatable bonds is 10. The quantitative estimate of drug-likeness (QED) is 0.340. The topological polar surface area (TPSA) is 52.4 Å². The van der Waals surface area contributed by atoms with Crippen molar-refractivity contribution in [1.29, 1.82) is 0 Å². The van der Waals surface area contributed by atoms with E-state index in [1.165, 1.54) is 5.56 Å². The molecule has 0 radical (unpaired) electrons. The molecule has 0 amide bonds. The molecule has 174 valence electrons. The van der Waals surface area contributed by atoms with Crippen LogP contribution in [0.15, 0.2) is 42.5 Å². The minimum Gasteiger partial charge on any atom is -0.493 e. The van der Waals surface area contributed by atoms with Gasteiger partial charge in [0.1, 0.15) is 0 Å². The van der Waals surface area contributed by atoms with E-state index >= 15 is 0 Å². The van der Waals surface area contributed by atoms with Gasteiger partial charge in [0.15, 0.2) is 17.3 Å². The molecule has 1 heterocycles. The predicted molar refractivity (Wildman–Crippen MR) is 134 cm³/mol. The van der Waals surface area contributed by atoms with Crippen LogP contribution in [0.1, 0.15) is 44.7 Å². The summed E-state index contributed by atoms with van der Waals surface area (Å²) in [5.41, 5.74) is 2.03. The van der Waals surface area contributed by atoms with Gasteiger partial charge in [-0.25, -0.2) is 4.68 Å². The van der Waals surface area contributed by atoms with Gasteiger partial charge in [-0.05, 0) is 24.5 Å². The van der Waals surface area contributed by atoms with Crippen LogP contribution in [-0.4, -0.2) is 35.5 Å². The van der Waals surface area contributed by atoms with E-state index in [-0.39, 0.29) is 18.4 Å². The highest BCUT2D eigenvalue weighted by Crippen LogP contribution is 2.38. The molecule has 0 bridgehead atoms. The summed E-state index contributed by atoms with van der Waals surface area (Å²) in [6, 6.07) is 14.4. The summed E-state index contributed by atoms with van der Waals surface area (Å²) in [6.07, 6.45) is 3.09. The highest BCUT2D eigenvalue weighted by Gasteiger charge is 2.25. The zero-order valence-corrected chi connectivity index (χ0v) is 20.9. The van der Waals surface area contributed by atoms with Crippen molar-refractivity contribution in [3.8, 4) is 22.9 Å². The van der Waals surface area contributed by atoms with Crippen LogP contribution in [0.3, 0.4) is 0 Å². The summed E-state index contributed by atoms with van der Waals surface area (Å²) < 4.78 is 12.6. The molecule has 6 nitrogen and oxygen atoms in total. The Kier molecular flexibility index (Phi) is 9.66. The molecule has 1 atom stereocenters. The fraction of sp³-hybridized carbons (Fsp3) is 0.417. The maximum atomic E-state index is 6.57. The van der Waals surface area contributed by atoms with Gasteiger partial charge in [-0.2, -0.15) is 4.98 Å². The van der Waals surface area contributed by atoms with Gasteiger partial charge in [0.25, 0.3) is 0 Å². The minimum atomic E-state index is 0. The van der Waals surface area contributed by atoms with Gasteiger partial charge in [-0.3, -0.25) is 0 Å². The van der Waals surface area contributed by atoms with Crippen molar-refractivity contribution in [2.75, 3.05) is 25.7 Å². The van der Waals surface area contributed by atoms with Gasteiger partial charge in [-0.1, -0.05) is 62.2 Å². The second-order valence-electron chi connectivity index (χ2n) is 7.45. The number of aryl methyl sites for hydroxylation is 1. The van der Waals surface area contributed by atoms with Crippen LogP contribution in [0.5, 0.6) is 11.5 Å². The Hall–Kier alpha value is -2.44. The molecule has 0 spiro atoms. The number of ether oxygens (including phenoxy) is 2. The lowest BCUT2D eigenvalue weighted by atomic mass is 10.0. The average Bonchev–Trinajstić information content (AvgIpc) is 3.17. The van der Waals surface area contributed by atoms with E-state index in [0.29, 0.717) is 28.3 Å². The fourth-order valence-electron chi connectivity index (χ4n) is 3.84. The second kappa shape index (κ2) is 12.0. The Balaban J connectivity index is 0.00000363. The Morgan fingerprint density at radius 1 is 1.03 bits per heavy atom. The maximum Gasteiger partial charge on any atom is 0.245 e. The van der Waals surface area contributed by atoms with Crippen molar-refractivity contribution < 1.29 is 9.47 Å². The predicted octanol–water partition coefficient (Wildman–Crippen LogP) is 6.33. The van der Waals surface area contributed by atoms with Crippen molar-refractivity contribution >= 4 is 30.0 Å². The molecule has 32 heavy (non-hydrogen) atoms. The molecule has 8 heteroatoms. The van der Waals surface area contributed by atoms with E-state index in [2.05, 4.69) is 43.0 Å². The van der Waals surface area contributed by atoms with Crippen LogP contribution >= 0.6 is 24.0 Å². The molecule has 0 saturated carbocycles. The molecule has 1 aromatic heterocycles. The van der Waals surface area contributed by atoms with Crippen LogP contribution in [0.2, 0.25) is 5.02 Å². The first kappa shape index (κ1) is 25.8. The normalized spacial score (nSPS) is 11.6. The summed E-state index contributed by atoms with van der Waals surface area (Å²) in [5, 5.41) is 5.31. The minimum absolute atomic E-state index is 0. The lowest BCUT2D eigenvalue weighted by molar-refractivity contribution is 0.355. The Labute approximate surface area is 201 Å².